The van der Waals surface area contributed by atoms with Crippen molar-refractivity contribution >= 4 is 17.5 Å². The topological polar surface area (TPSA) is 49.3 Å². The van der Waals surface area contributed by atoms with Gasteiger partial charge in [0.05, 0.1) is 16.7 Å². The number of rotatable bonds is 4. The normalized spacial score (nSPS) is 11.9. The lowest BCUT2D eigenvalue weighted by Crippen LogP contribution is -2.28. The van der Waals surface area contributed by atoms with Crippen molar-refractivity contribution in [3.8, 4) is 0 Å². The van der Waals surface area contributed by atoms with Gasteiger partial charge in [-0.1, -0.05) is 41.9 Å². The monoisotopic (exact) mass is 293 g/mol. The Hall–Kier alpha value is -1.91. The third kappa shape index (κ3) is 3.56. The minimum Gasteiger partial charge on any atom is -0.387 e. The summed E-state index contributed by atoms with van der Waals surface area (Å²) in [4.78, 5) is 11.9. The van der Waals surface area contributed by atoms with E-state index in [2.05, 4.69) is 5.32 Å². The first kappa shape index (κ1) is 14.5. The molecule has 0 spiro atoms. The quantitative estimate of drug-likeness (QED) is 0.910. The Labute approximate surface area is 121 Å². The Balaban J connectivity index is 1.99. The van der Waals surface area contributed by atoms with Crippen LogP contribution in [0, 0.1) is 5.82 Å². The van der Waals surface area contributed by atoms with E-state index in [0.717, 1.165) is 12.1 Å². The van der Waals surface area contributed by atoms with Gasteiger partial charge in [0.1, 0.15) is 5.82 Å². The van der Waals surface area contributed by atoms with Gasteiger partial charge in [0, 0.05) is 6.54 Å². The van der Waals surface area contributed by atoms with Crippen LogP contribution in [-0.4, -0.2) is 17.6 Å². The molecule has 2 N–H and O–H groups in total. The smallest absolute Gasteiger partial charge is 0.252 e. The maximum absolute atomic E-state index is 12.9. The largest absolute Gasteiger partial charge is 0.387 e. The number of carbonyl (C=O) groups excluding carboxylic acids is 1. The van der Waals surface area contributed by atoms with Gasteiger partial charge in [-0.15, -0.1) is 0 Å². The van der Waals surface area contributed by atoms with Crippen LogP contribution in [0.1, 0.15) is 22.0 Å². The van der Waals surface area contributed by atoms with Crippen molar-refractivity contribution in [3.05, 3.63) is 70.5 Å². The molecule has 2 aromatic rings. The minimum atomic E-state index is -0.806. The average molecular weight is 294 g/mol. The molecule has 0 fully saturated rings. The number of halogens is 2. The predicted octanol–water partition coefficient (Wildman–Crippen LogP) is 2.94. The second-order valence-corrected chi connectivity index (χ2v) is 4.67. The lowest BCUT2D eigenvalue weighted by atomic mass is 10.1. The maximum Gasteiger partial charge on any atom is 0.252 e. The molecule has 0 aliphatic carbocycles. The van der Waals surface area contributed by atoms with Gasteiger partial charge >= 0.3 is 0 Å². The van der Waals surface area contributed by atoms with Crippen molar-refractivity contribution in [1.29, 1.82) is 0 Å². The number of amides is 1. The molecule has 5 heteroatoms. The molecule has 0 saturated carbocycles. The highest BCUT2D eigenvalue weighted by Crippen LogP contribution is 2.17. The van der Waals surface area contributed by atoms with Crippen LogP contribution in [0.3, 0.4) is 0 Å². The molecule has 0 heterocycles. The van der Waals surface area contributed by atoms with Crippen LogP contribution in [0.4, 0.5) is 4.39 Å². The van der Waals surface area contributed by atoms with Gasteiger partial charge in [0.25, 0.3) is 5.91 Å². The molecule has 2 rings (SSSR count). The Morgan fingerprint density at radius 3 is 2.60 bits per heavy atom. The summed E-state index contributed by atoms with van der Waals surface area (Å²) in [5, 5.41) is 12.5. The number of benzene rings is 2. The summed E-state index contributed by atoms with van der Waals surface area (Å²) in [6.07, 6.45) is -0.806. The zero-order valence-corrected chi connectivity index (χ0v) is 11.3. The standard InChI is InChI=1S/C15H13ClFNO2/c16-13-8-11(17)6-7-12(13)15(20)18-9-14(19)10-4-2-1-3-5-10/h1-8,14,19H,9H2,(H,18,20). The van der Waals surface area contributed by atoms with Crippen molar-refractivity contribution in [1.82, 2.24) is 5.32 Å². The van der Waals surface area contributed by atoms with E-state index < -0.39 is 17.8 Å². The maximum atomic E-state index is 12.9. The van der Waals surface area contributed by atoms with Gasteiger partial charge in [-0.05, 0) is 23.8 Å². The molecule has 2 aromatic carbocycles. The second-order valence-electron chi connectivity index (χ2n) is 4.26. The van der Waals surface area contributed by atoms with Crippen molar-refractivity contribution in [2.45, 2.75) is 6.10 Å². The fraction of sp³-hybridized carbons (Fsp3) is 0.133. The summed E-state index contributed by atoms with van der Waals surface area (Å²) >= 11 is 5.79. The van der Waals surface area contributed by atoms with Crippen LogP contribution in [0.25, 0.3) is 0 Å². The molecule has 0 radical (unpaired) electrons. The fourth-order valence-electron chi connectivity index (χ4n) is 1.75. The molecule has 0 bridgehead atoms. The minimum absolute atomic E-state index is 0.0386. The molecule has 0 aromatic heterocycles. The number of hydrogen-bond acceptors (Lipinski definition) is 2. The zero-order valence-electron chi connectivity index (χ0n) is 10.5. The molecular formula is C15H13ClFNO2. The number of hydrogen-bond donors (Lipinski definition) is 2. The third-order valence-electron chi connectivity index (χ3n) is 2.82. The molecule has 0 aliphatic rings. The van der Waals surface area contributed by atoms with Crippen molar-refractivity contribution < 1.29 is 14.3 Å². The first-order valence-electron chi connectivity index (χ1n) is 6.04. The number of nitrogens with one attached hydrogen (secondary N) is 1. The Morgan fingerprint density at radius 2 is 1.95 bits per heavy atom. The Kier molecular flexibility index (Phi) is 4.71. The van der Waals surface area contributed by atoms with Crippen LogP contribution < -0.4 is 5.32 Å². The molecule has 1 atom stereocenters. The summed E-state index contributed by atoms with van der Waals surface area (Å²) in [7, 11) is 0. The highest BCUT2D eigenvalue weighted by molar-refractivity contribution is 6.33. The average Bonchev–Trinajstić information content (AvgIpc) is 2.45. The van der Waals surface area contributed by atoms with Crippen molar-refractivity contribution in [2.24, 2.45) is 0 Å². The number of carbonyl (C=O) groups is 1. The zero-order chi connectivity index (χ0) is 14.5. The van der Waals surface area contributed by atoms with E-state index in [9.17, 15) is 14.3 Å². The summed E-state index contributed by atoms with van der Waals surface area (Å²) in [5.74, 6) is -0.958. The number of aliphatic hydroxyl groups excluding tert-OH is 1. The van der Waals surface area contributed by atoms with Crippen LogP contribution in [0.5, 0.6) is 0 Å². The van der Waals surface area contributed by atoms with E-state index in [4.69, 9.17) is 11.6 Å². The van der Waals surface area contributed by atoms with Gasteiger partial charge in [0.2, 0.25) is 0 Å². The lowest BCUT2D eigenvalue weighted by molar-refractivity contribution is 0.0916. The van der Waals surface area contributed by atoms with Crippen LogP contribution in [0.15, 0.2) is 48.5 Å². The van der Waals surface area contributed by atoms with E-state index in [1.807, 2.05) is 6.07 Å². The molecule has 0 aliphatic heterocycles. The van der Waals surface area contributed by atoms with Crippen LogP contribution in [-0.2, 0) is 0 Å². The summed E-state index contributed by atoms with van der Waals surface area (Å²) in [6, 6.07) is 12.5. The highest BCUT2D eigenvalue weighted by atomic mass is 35.5. The molecule has 3 nitrogen and oxygen atoms in total. The Bertz CT molecular complexity index is 604. The molecule has 104 valence electrons. The fourth-order valence-corrected chi connectivity index (χ4v) is 2.00. The van der Waals surface area contributed by atoms with Gasteiger partial charge < -0.3 is 10.4 Å². The summed E-state index contributed by atoms with van der Waals surface area (Å²) in [6.45, 7) is 0.0521. The first-order chi connectivity index (χ1) is 9.58. The van der Waals surface area contributed by atoms with E-state index in [-0.39, 0.29) is 17.1 Å². The Morgan fingerprint density at radius 1 is 1.25 bits per heavy atom. The molecule has 1 unspecified atom stereocenters. The molecular weight excluding hydrogens is 281 g/mol. The van der Waals surface area contributed by atoms with E-state index in [1.54, 1.807) is 24.3 Å². The highest BCUT2D eigenvalue weighted by Gasteiger charge is 2.13. The van der Waals surface area contributed by atoms with Gasteiger partial charge in [0.15, 0.2) is 0 Å². The van der Waals surface area contributed by atoms with Gasteiger partial charge in [-0.25, -0.2) is 4.39 Å². The molecule has 0 saturated heterocycles. The van der Waals surface area contributed by atoms with E-state index in [1.165, 1.54) is 6.07 Å². The van der Waals surface area contributed by atoms with E-state index in [0.29, 0.717) is 5.56 Å². The lowest BCUT2D eigenvalue weighted by Gasteiger charge is -2.12. The van der Waals surface area contributed by atoms with E-state index >= 15 is 0 Å². The number of aliphatic hydroxyl groups is 1. The predicted molar refractivity (Wildman–Crippen MR) is 75.1 cm³/mol. The van der Waals surface area contributed by atoms with Gasteiger partial charge in [-0.3, -0.25) is 4.79 Å². The van der Waals surface area contributed by atoms with Crippen LogP contribution >= 0.6 is 11.6 Å². The molecule has 20 heavy (non-hydrogen) atoms. The molecule has 1 amide bonds. The van der Waals surface area contributed by atoms with Gasteiger partial charge in [-0.2, -0.15) is 0 Å². The first-order valence-corrected chi connectivity index (χ1v) is 6.42. The SMILES string of the molecule is O=C(NCC(O)c1ccccc1)c1ccc(F)cc1Cl. The summed E-state index contributed by atoms with van der Waals surface area (Å²) < 4.78 is 12.9. The van der Waals surface area contributed by atoms with Crippen molar-refractivity contribution in [2.75, 3.05) is 6.54 Å². The van der Waals surface area contributed by atoms with Crippen LogP contribution in [0.2, 0.25) is 5.02 Å². The van der Waals surface area contributed by atoms with Crippen molar-refractivity contribution in [3.63, 3.8) is 0 Å². The second kappa shape index (κ2) is 6.50. The summed E-state index contributed by atoms with van der Waals surface area (Å²) in [5.41, 5.74) is 0.881. The third-order valence-corrected chi connectivity index (χ3v) is 3.13.